The molecule has 0 amide bonds. The summed E-state index contributed by atoms with van der Waals surface area (Å²) >= 11 is 0. The van der Waals surface area contributed by atoms with Gasteiger partial charge in [-0.15, -0.1) is 0 Å². The molecular weight excluding hydrogens is 160 g/mol. The van der Waals surface area contributed by atoms with Gasteiger partial charge in [-0.1, -0.05) is 37.6 Å². The molecule has 1 saturated carbocycles. The fourth-order valence-electron chi connectivity index (χ4n) is 2.73. The topological polar surface area (TPSA) is 20.2 Å². The minimum absolute atomic E-state index is 0.0341. The lowest BCUT2D eigenvalue weighted by molar-refractivity contribution is 0.0260. The number of aliphatic hydroxyl groups excluding tert-OH is 1. The lowest BCUT2D eigenvalue weighted by Gasteiger charge is -2.44. The molecule has 2 rings (SSSR count). The minimum Gasteiger partial charge on any atom is -0.392 e. The number of hydrogen-bond donors (Lipinski definition) is 1. The summed E-state index contributed by atoms with van der Waals surface area (Å²) in [6.45, 7) is 4.47. The van der Waals surface area contributed by atoms with Gasteiger partial charge in [0.2, 0.25) is 0 Å². The Hall–Kier alpha value is -0.560. The minimum atomic E-state index is -0.139. The van der Waals surface area contributed by atoms with Crippen molar-refractivity contribution in [3.8, 4) is 0 Å². The van der Waals surface area contributed by atoms with E-state index in [-0.39, 0.29) is 11.5 Å². The first-order valence-electron chi connectivity index (χ1n) is 5.20. The zero-order valence-corrected chi connectivity index (χ0v) is 8.46. The van der Waals surface area contributed by atoms with E-state index in [4.69, 9.17) is 0 Å². The summed E-state index contributed by atoms with van der Waals surface area (Å²) in [6.07, 6.45) is 9.47. The van der Waals surface area contributed by atoms with E-state index in [1.165, 1.54) is 5.57 Å². The molecule has 2 aliphatic carbocycles. The third-order valence-corrected chi connectivity index (χ3v) is 3.75. The molecule has 3 atom stereocenters. The SMILES string of the molecule is CC1CCC(O)C2(C)CC=CC=C12. The third kappa shape index (κ3) is 1.26. The summed E-state index contributed by atoms with van der Waals surface area (Å²) < 4.78 is 0. The largest absolute Gasteiger partial charge is 0.392 e. The highest BCUT2D eigenvalue weighted by Crippen LogP contribution is 2.47. The van der Waals surface area contributed by atoms with Gasteiger partial charge in [-0.2, -0.15) is 0 Å². The van der Waals surface area contributed by atoms with E-state index in [2.05, 4.69) is 32.1 Å². The van der Waals surface area contributed by atoms with Crippen LogP contribution in [0.25, 0.3) is 0 Å². The van der Waals surface area contributed by atoms with E-state index in [9.17, 15) is 5.11 Å². The standard InChI is InChI=1S/C12H18O/c1-9-6-7-11(13)12(2)8-4-3-5-10(9)12/h3-5,9,11,13H,6-8H2,1-2H3. The number of rotatable bonds is 0. The summed E-state index contributed by atoms with van der Waals surface area (Å²) in [4.78, 5) is 0. The highest BCUT2D eigenvalue weighted by molar-refractivity contribution is 5.30. The molecule has 2 aliphatic rings. The second-order valence-corrected chi connectivity index (χ2v) is 4.67. The van der Waals surface area contributed by atoms with Crippen LogP contribution >= 0.6 is 0 Å². The third-order valence-electron chi connectivity index (χ3n) is 3.75. The smallest absolute Gasteiger partial charge is 0.0634 e. The molecular formula is C12H18O. The molecule has 0 aliphatic heterocycles. The van der Waals surface area contributed by atoms with Gasteiger partial charge in [-0.3, -0.25) is 0 Å². The Labute approximate surface area is 80.2 Å². The molecule has 0 radical (unpaired) electrons. The first kappa shape index (κ1) is 9.01. The molecule has 1 nitrogen and oxygen atoms in total. The molecule has 3 unspecified atom stereocenters. The number of hydrogen-bond acceptors (Lipinski definition) is 1. The summed E-state index contributed by atoms with van der Waals surface area (Å²) in [5.41, 5.74) is 1.49. The molecule has 0 spiro atoms. The fraction of sp³-hybridized carbons (Fsp3) is 0.667. The monoisotopic (exact) mass is 178 g/mol. The molecule has 1 heteroatoms. The van der Waals surface area contributed by atoms with Crippen molar-refractivity contribution in [1.82, 2.24) is 0 Å². The van der Waals surface area contributed by atoms with Gasteiger partial charge in [-0.05, 0) is 25.2 Å². The van der Waals surface area contributed by atoms with Crippen molar-refractivity contribution in [2.24, 2.45) is 11.3 Å². The highest BCUT2D eigenvalue weighted by atomic mass is 16.3. The quantitative estimate of drug-likeness (QED) is 0.604. The number of aliphatic hydroxyl groups is 1. The summed E-state index contributed by atoms with van der Waals surface area (Å²) in [5, 5.41) is 10.0. The fourth-order valence-corrected chi connectivity index (χ4v) is 2.73. The molecule has 0 saturated heterocycles. The van der Waals surface area contributed by atoms with Crippen molar-refractivity contribution in [2.45, 2.75) is 39.2 Å². The van der Waals surface area contributed by atoms with Crippen molar-refractivity contribution in [2.75, 3.05) is 0 Å². The van der Waals surface area contributed by atoms with Gasteiger partial charge in [-0.25, -0.2) is 0 Å². The Morgan fingerprint density at radius 1 is 1.46 bits per heavy atom. The van der Waals surface area contributed by atoms with Gasteiger partial charge in [0.15, 0.2) is 0 Å². The van der Waals surface area contributed by atoms with Crippen molar-refractivity contribution in [1.29, 1.82) is 0 Å². The maximum Gasteiger partial charge on any atom is 0.0634 e. The Kier molecular flexibility index (Phi) is 2.07. The van der Waals surface area contributed by atoms with Crippen molar-refractivity contribution < 1.29 is 5.11 Å². The predicted octanol–water partition coefficient (Wildman–Crippen LogP) is 2.67. The zero-order chi connectivity index (χ0) is 9.47. The van der Waals surface area contributed by atoms with Crippen molar-refractivity contribution >= 4 is 0 Å². The van der Waals surface area contributed by atoms with Crippen LogP contribution in [0.15, 0.2) is 23.8 Å². The van der Waals surface area contributed by atoms with Gasteiger partial charge >= 0.3 is 0 Å². The van der Waals surface area contributed by atoms with Crippen LogP contribution in [-0.4, -0.2) is 11.2 Å². The van der Waals surface area contributed by atoms with Crippen LogP contribution in [0.2, 0.25) is 0 Å². The number of fused-ring (bicyclic) bond motifs is 1. The number of allylic oxidation sites excluding steroid dienone is 3. The molecule has 0 bridgehead atoms. The lowest BCUT2D eigenvalue weighted by atomic mass is 9.62. The first-order valence-corrected chi connectivity index (χ1v) is 5.20. The first-order chi connectivity index (χ1) is 6.14. The maximum atomic E-state index is 10.0. The van der Waals surface area contributed by atoms with Crippen molar-refractivity contribution in [3.05, 3.63) is 23.8 Å². The molecule has 0 aromatic heterocycles. The molecule has 0 aromatic carbocycles. The zero-order valence-electron chi connectivity index (χ0n) is 8.46. The Balaban J connectivity index is 2.36. The van der Waals surface area contributed by atoms with Gasteiger partial charge < -0.3 is 5.11 Å². The molecule has 72 valence electrons. The van der Waals surface area contributed by atoms with E-state index >= 15 is 0 Å². The van der Waals surface area contributed by atoms with Crippen LogP contribution in [0.5, 0.6) is 0 Å². The van der Waals surface area contributed by atoms with Crippen LogP contribution in [0.4, 0.5) is 0 Å². The Morgan fingerprint density at radius 2 is 2.23 bits per heavy atom. The molecule has 1 fully saturated rings. The van der Waals surface area contributed by atoms with Crippen LogP contribution < -0.4 is 0 Å². The van der Waals surface area contributed by atoms with E-state index < -0.39 is 0 Å². The molecule has 0 heterocycles. The Bertz CT molecular complexity index is 264. The molecule has 0 aromatic rings. The van der Waals surface area contributed by atoms with Gasteiger partial charge in [0.1, 0.15) is 0 Å². The van der Waals surface area contributed by atoms with Gasteiger partial charge in [0.05, 0.1) is 6.10 Å². The van der Waals surface area contributed by atoms with Crippen LogP contribution in [0.3, 0.4) is 0 Å². The average molecular weight is 178 g/mol. The Morgan fingerprint density at radius 3 is 2.92 bits per heavy atom. The highest BCUT2D eigenvalue weighted by Gasteiger charge is 2.41. The van der Waals surface area contributed by atoms with Crippen LogP contribution in [0, 0.1) is 11.3 Å². The van der Waals surface area contributed by atoms with E-state index in [1.807, 2.05) is 0 Å². The second-order valence-electron chi connectivity index (χ2n) is 4.67. The van der Waals surface area contributed by atoms with Gasteiger partial charge in [0, 0.05) is 5.41 Å². The summed E-state index contributed by atoms with van der Waals surface area (Å²) in [6, 6.07) is 0. The summed E-state index contributed by atoms with van der Waals surface area (Å²) in [5.74, 6) is 0.651. The van der Waals surface area contributed by atoms with E-state index in [0.29, 0.717) is 5.92 Å². The maximum absolute atomic E-state index is 10.0. The predicted molar refractivity (Wildman–Crippen MR) is 54.4 cm³/mol. The van der Waals surface area contributed by atoms with Crippen molar-refractivity contribution in [3.63, 3.8) is 0 Å². The second kappa shape index (κ2) is 2.98. The van der Waals surface area contributed by atoms with E-state index in [0.717, 1.165) is 19.3 Å². The molecule has 13 heavy (non-hydrogen) atoms. The summed E-state index contributed by atoms with van der Waals surface area (Å²) in [7, 11) is 0. The van der Waals surface area contributed by atoms with E-state index in [1.54, 1.807) is 0 Å². The van der Waals surface area contributed by atoms with Gasteiger partial charge in [0.25, 0.3) is 0 Å². The lowest BCUT2D eigenvalue weighted by Crippen LogP contribution is -2.41. The average Bonchev–Trinajstić information content (AvgIpc) is 2.12. The van der Waals surface area contributed by atoms with Crippen LogP contribution in [-0.2, 0) is 0 Å². The van der Waals surface area contributed by atoms with Crippen LogP contribution in [0.1, 0.15) is 33.1 Å². The normalized spacial score (nSPS) is 44.1. The molecule has 1 N–H and O–H groups in total.